The third-order valence-electron chi connectivity index (χ3n) is 6.06. The first-order valence-electron chi connectivity index (χ1n) is 10.6. The highest BCUT2D eigenvalue weighted by Gasteiger charge is 2.31. The van der Waals surface area contributed by atoms with Crippen LogP contribution in [0.2, 0.25) is 0 Å². The van der Waals surface area contributed by atoms with Crippen LogP contribution in [-0.4, -0.2) is 71.7 Å². The quantitative estimate of drug-likeness (QED) is 0.664. The number of nitrogens with zero attached hydrogens (tertiary/aromatic N) is 5. The second kappa shape index (κ2) is 7.31. The van der Waals surface area contributed by atoms with Gasteiger partial charge in [0, 0.05) is 36.4 Å². The largest absolute Gasteiger partial charge is 0.378 e. The Morgan fingerprint density at radius 1 is 1.10 bits per heavy atom. The van der Waals surface area contributed by atoms with Crippen molar-refractivity contribution in [2.75, 3.05) is 44.3 Å². The summed E-state index contributed by atoms with van der Waals surface area (Å²) in [5.74, 6) is 1.72. The van der Waals surface area contributed by atoms with E-state index in [0.29, 0.717) is 12.1 Å². The Hall–Kier alpha value is -3.52. The standard InChI is InChI=1S/C23H22N6O2/c30-21(15-1-4-18-20(11-15)26-14-25-18)13-22-27-19-12-16(28-7-9-31-10-8-28)2-3-17(19)23-24-5-6-29(22)23/h1-4,11-12,14H,5-10,13H2,(H,25,26). The number of aliphatic imine (C=N–C) groups is 2. The second-order valence-electron chi connectivity index (χ2n) is 7.92. The fraction of sp³-hybridized carbons (Fsp3) is 0.304. The minimum absolute atomic E-state index is 0.0364. The zero-order valence-electron chi connectivity index (χ0n) is 17.0. The van der Waals surface area contributed by atoms with Gasteiger partial charge in [-0.05, 0) is 36.4 Å². The van der Waals surface area contributed by atoms with Crippen LogP contribution in [-0.2, 0) is 4.74 Å². The molecule has 0 spiro atoms. The van der Waals surface area contributed by atoms with Gasteiger partial charge in [0.05, 0.1) is 49.2 Å². The Morgan fingerprint density at radius 2 is 2.00 bits per heavy atom. The van der Waals surface area contributed by atoms with Crippen molar-refractivity contribution in [1.82, 2.24) is 14.9 Å². The molecule has 1 saturated heterocycles. The third kappa shape index (κ3) is 3.19. The summed E-state index contributed by atoms with van der Waals surface area (Å²) >= 11 is 0. The number of H-pyrrole nitrogens is 1. The first kappa shape index (κ1) is 18.3. The summed E-state index contributed by atoms with van der Waals surface area (Å²) in [5, 5.41) is 0. The number of rotatable bonds is 4. The van der Waals surface area contributed by atoms with Gasteiger partial charge in [-0.1, -0.05) is 0 Å². The monoisotopic (exact) mass is 414 g/mol. The van der Waals surface area contributed by atoms with Gasteiger partial charge in [0.1, 0.15) is 11.7 Å². The van der Waals surface area contributed by atoms with Crippen LogP contribution in [0.1, 0.15) is 22.3 Å². The van der Waals surface area contributed by atoms with Crippen molar-refractivity contribution in [3.8, 4) is 0 Å². The molecule has 2 aromatic carbocycles. The van der Waals surface area contributed by atoms with Crippen molar-refractivity contribution in [3.05, 3.63) is 53.9 Å². The van der Waals surface area contributed by atoms with Gasteiger partial charge in [0.2, 0.25) is 0 Å². The Balaban J connectivity index is 1.33. The molecule has 3 aliphatic rings. The lowest BCUT2D eigenvalue weighted by Crippen LogP contribution is -2.39. The van der Waals surface area contributed by atoms with Gasteiger partial charge in [-0.15, -0.1) is 0 Å². The van der Waals surface area contributed by atoms with E-state index in [1.165, 1.54) is 0 Å². The highest BCUT2D eigenvalue weighted by atomic mass is 16.5. The number of carbonyl (C=O) groups excluding carboxylic acids is 1. The minimum Gasteiger partial charge on any atom is -0.378 e. The molecule has 3 aliphatic heterocycles. The molecule has 4 heterocycles. The molecule has 0 saturated carbocycles. The molecule has 0 aliphatic carbocycles. The van der Waals surface area contributed by atoms with Crippen molar-refractivity contribution in [2.45, 2.75) is 6.42 Å². The Morgan fingerprint density at radius 3 is 2.90 bits per heavy atom. The molecule has 8 nitrogen and oxygen atoms in total. The van der Waals surface area contributed by atoms with Crippen LogP contribution in [0.5, 0.6) is 0 Å². The molecule has 1 N–H and O–H groups in total. The molecule has 0 radical (unpaired) electrons. The number of benzene rings is 2. The molecular formula is C23H22N6O2. The SMILES string of the molecule is O=C(CC1=Nc2cc(N3CCOCC3)ccc2C2=NCCN12)c1ccc2nc[nH]c2c1. The van der Waals surface area contributed by atoms with Gasteiger partial charge >= 0.3 is 0 Å². The fourth-order valence-corrected chi connectivity index (χ4v) is 4.44. The number of Topliss-reactive ketones (excluding diaryl/α,β-unsaturated/α-hetero) is 1. The summed E-state index contributed by atoms with van der Waals surface area (Å²) in [4.78, 5) is 34.4. The second-order valence-corrected chi connectivity index (χ2v) is 7.92. The molecular weight excluding hydrogens is 392 g/mol. The lowest BCUT2D eigenvalue weighted by atomic mass is 10.0. The van der Waals surface area contributed by atoms with E-state index in [9.17, 15) is 4.79 Å². The number of hydrogen-bond acceptors (Lipinski definition) is 7. The number of aromatic nitrogens is 2. The summed E-state index contributed by atoms with van der Waals surface area (Å²) in [5.41, 5.74) is 5.42. The van der Waals surface area contributed by atoms with Crippen LogP contribution in [0.4, 0.5) is 11.4 Å². The maximum Gasteiger partial charge on any atom is 0.170 e. The number of ether oxygens (including phenoxy) is 1. The first-order chi connectivity index (χ1) is 15.3. The summed E-state index contributed by atoms with van der Waals surface area (Å²) in [6.07, 6.45) is 1.87. The van der Waals surface area contributed by atoms with E-state index in [4.69, 9.17) is 14.7 Å². The molecule has 1 fully saturated rings. The van der Waals surface area contributed by atoms with E-state index < -0.39 is 0 Å². The summed E-state index contributed by atoms with van der Waals surface area (Å²) in [7, 11) is 0. The highest BCUT2D eigenvalue weighted by Crippen LogP contribution is 2.33. The minimum atomic E-state index is 0.0364. The lowest BCUT2D eigenvalue weighted by Gasteiger charge is -2.31. The van der Waals surface area contributed by atoms with E-state index in [1.807, 2.05) is 18.2 Å². The van der Waals surface area contributed by atoms with Crippen LogP contribution in [0.3, 0.4) is 0 Å². The molecule has 0 unspecified atom stereocenters. The van der Waals surface area contributed by atoms with Crippen LogP contribution in [0, 0.1) is 0 Å². The number of amidine groups is 2. The van der Waals surface area contributed by atoms with Gasteiger partial charge < -0.3 is 19.5 Å². The number of nitrogens with one attached hydrogen (secondary N) is 1. The summed E-state index contributed by atoms with van der Waals surface area (Å²) in [6, 6.07) is 11.9. The zero-order valence-corrected chi connectivity index (χ0v) is 17.0. The molecule has 1 aromatic heterocycles. The molecule has 31 heavy (non-hydrogen) atoms. The number of ketones is 1. The van der Waals surface area contributed by atoms with Gasteiger partial charge in [-0.25, -0.2) is 9.98 Å². The van der Waals surface area contributed by atoms with Crippen LogP contribution >= 0.6 is 0 Å². The Kier molecular flexibility index (Phi) is 4.31. The predicted octanol–water partition coefficient (Wildman–Crippen LogP) is 2.78. The maximum absolute atomic E-state index is 13.1. The maximum atomic E-state index is 13.1. The molecule has 156 valence electrons. The molecule has 0 bridgehead atoms. The number of aromatic amines is 1. The smallest absolute Gasteiger partial charge is 0.170 e. The van der Waals surface area contributed by atoms with Gasteiger partial charge in [0.25, 0.3) is 0 Å². The van der Waals surface area contributed by atoms with Gasteiger partial charge in [-0.3, -0.25) is 9.79 Å². The molecule has 0 atom stereocenters. The summed E-state index contributed by atoms with van der Waals surface area (Å²) < 4.78 is 5.48. The van der Waals surface area contributed by atoms with Crippen molar-refractivity contribution < 1.29 is 9.53 Å². The number of fused-ring (bicyclic) bond motifs is 4. The van der Waals surface area contributed by atoms with Crippen molar-refractivity contribution in [2.24, 2.45) is 9.98 Å². The Bertz CT molecular complexity index is 1240. The first-order valence-corrected chi connectivity index (χ1v) is 10.6. The summed E-state index contributed by atoms with van der Waals surface area (Å²) in [6.45, 7) is 4.69. The number of carbonyl (C=O) groups is 1. The molecule has 8 heteroatoms. The van der Waals surface area contributed by atoms with Crippen LogP contribution < -0.4 is 4.90 Å². The van der Waals surface area contributed by atoms with E-state index in [0.717, 1.165) is 72.5 Å². The van der Waals surface area contributed by atoms with E-state index in [-0.39, 0.29) is 12.2 Å². The number of anilines is 1. The molecule has 0 amide bonds. The lowest BCUT2D eigenvalue weighted by molar-refractivity contribution is 0.0998. The third-order valence-corrected chi connectivity index (χ3v) is 6.06. The number of imidazole rings is 1. The van der Waals surface area contributed by atoms with Crippen molar-refractivity contribution in [1.29, 1.82) is 0 Å². The number of morpholine rings is 1. The highest BCUT2D eigenvalue weighted by molar-refractivity contribution is 6.21. The Labute approximate surface area is 179 Å². The average Bonchev–Trinajstić information content (AvgIpc) is 3.49. The predicted molar refractivity (Wildman–Crippen MR) is 120 cm³/mol. The van der Waals surface area contributed by atoms with E-state index in [1.54, 1.807) is 6.33 Å². The van der Waals surface area contributed by atoms with Gasteiger partial charge in [0.15, 0.2) is 5.78 Å². The number of hydrogen-bond donors (Lipinski definition) is 1. The normalized spacial score (nSPS) is 17.9. The van der Waals surface area contributed by atoms with Crippen LogP contribution in [0.25, 0.3) is 11.0 Å². The van der Waals surface area contributed by atoms with Gasteiger partial charge in [-0.2, -0.15) is 0 Å². The van der Waals surface area contributed by atoms with Crippen molar-refractivity contribution in [3.63, 3.8) is 0 Å². The average molecular weight is 414 g/mol. The topological polar surface area (TPSA) is 86.2 Å². The zero-order chi connectivity index (χ0) is 20.8. The van der Waals surface area contributed by atoms with E-state index in [2.05, 4.69) is 38.0 Å². The van der Waals surface area contributed by atoms with Crippen LogP contribution in [0.15, 0.2) is 52.7 Å². The molecule has 6 rings (SSSR count). The fourth-order valence-electron chi connectivity index (χ4n) is 4.44. The van der Waals surface area contributed by atoms with Crippen molar-refractivity contribution >= 4 is 39.9 Å². The molecule has 3 aromatic rings. The van der Waals surface area contributed by atoms with E-state index >= 15 is 0 Å².